The summed E-state index contributed by atoms with van der Waals surface area (Å²) < 4.78 is 13.3. The second kappa shape index (κ2) is 7.19. The maximum atomic E-state index is 13.3. The monoisotopic (exact) mass is 394 g/mol. The number of rotatable bonds is 4. The third kappa shape index (κ3) is 3.25. The van der Waals surface area contributed by atoms with E-state index in [1.807, 2.05) is 6.92 Å². The number of urea groups is 1. The van der Waals surface area contributed by atoms with Crippen molar-refractivity contribution >= 4 is 35.1 Å². The molecule has 1 aromatic carbocycles. The van der Waals surface area contributed by atoms with Crippen LogP contribution in [0.2, 0.25) is 5.02 Å². The number of benzene rings is 1. The van der Waals surface area contributed by atoms with Gasteiger partial charge in [0, 0.05) is 26.3 Å². The molecule has 4 amide bonds. The number of hydrogen-bond acceptors (Lipinski definition) is 4. The zero-order valence-electron chi connectivity index (χ0n) is 15.2. The molecule has 2 heterocycles. The molecule has 7 nitrogen and oxygen atoms in total. The van der Waals surface area contributed by atoms with Crippen LogP contribution in [0.1, 0.15) is 13.3 Å². The molecule has 0 bridgehead atoms. The largest absolute Gasteiger partial charge is 0.346 e. The second-order valence-electron chi connectivity index (χ2n) is 6.56. The topological polar surface area (TPSA) is 73.0 Å². The van der Waals surface area contributed by atoms with Crippen molar-refractivity contribution in [1.29, 1.82) is 0 Å². The Morgan fingerprint density at radius 2 is 2.00 bits per heavy atom. The third-order valence-corrected chi connectivity index (χ3v) is 5.05. The van der Waals surface area contributed by atoms with Gasteiger partial charge in [-0.15, -0.1) is 0 Å². The molecule has 1 saturated heterocycles. The van der Waals surface area contributed by atoms with Crippen molar-refractivity contribution in [3.8, 4) is 0 Å². The van der Waals surface area contributed by atoms with Crippen LogP contribution >= 0.6 is 11.6 Å². The van der Waals surface area contributed by atoms with E-state index in [0.717, 1.165) is 17.4 Å². The van der Waals surface area contributed by atoms with Crippen LogP contribution in [0.25, 0.3) is 0 Å². The Morgan fingerprint density at radius 3 is 2.63 bits per heavy atom. The highest BCUT2D eigenvalue weighted by atomic mass is 35.5. The molecule has 0 saturated carbocycles. The van der Waals surface area contributed by atoms with E-state index >= 15 is 0 Å². The fraction of sp³-hybridized carbons (Fsp3) is 0.389. The van der Waals surface area contributed by atoms with Crippen LogP contribution < -0.4 is 5.32 Å². The van der Waals surface area contributed by atoms with E-state index in [1.54, 1.807) is 18.0 Å². The average molecular weight is 395 g/mol. The maximum Gasteiger partial charge on any atom is 0.327 e. The van der Waals surface area contributed by atoms with Crippen LogP contribution in [-0.4, -0.2) is 59.4 Å². The number of imide groups is 1. The number of amides is 4. The Hall–Kier alpha value is -2.61. The molecule has 0 radical (unpaired) electrons. The zero-order chi connectivity index (χ0) is 19.9. The molecule has 2 unspecified atom stereocenters. The highest BCUT2D eigenvalue weighted by molar-refractivity contribution is 6.31. The third-order valence-electron chi connectivity index (χ3n) is 4.76. The first kappa shape index (κ1) is 19.2. The van der Waals surface area contributed by atoms with Crippen molar-refractivity contribution in [2.24, 2.45) is 5.92 Å². The number of nitrogens with zero attached hydrogens (tertiary/aromatic N) is 3. The van der Waals surface area contributed by atoms with Crippen LogP contribution in [0.4, 0.5) is 14.9 Å². The van der Waals surface area contributed by atoms with E-state index < -0.39 is 29.8 Å². The molecular weight excluding hydrogens is 375 g/mol. The molecule has 144 valence electrons. The summed E-state index contributed by atoms with van der Waals surface area (Å²) in [6, 6.07) is 3.47. The number of nitrogens with one attached hydrogen (secondary N) is 1. The van der Waals surface area contributed by atoms with Gasteiger partial charge in [-0.3, -0.25) is 14.5 Å². The van der Waals surface area contributed by atoms with Gasteiger partial charge in [-0.25, -0.2) is 9.18 Å². The van der Waals surface area contributed by atoms with E-state index in [-0.39, 0.29) is 10.9 Å². The molecule has 27 heavy (non-hydrogen) atoms. The lowest BCUT2D eigenvalue weighted by Crippen LogP contribution is -2.62. The van der Waals surface area contributed by atoms with E-state index in [4.69, 9.17) is 11.6 Å². The maximum absolute atomic E-state index is 13.3. The summed E-state index contributed by atoms with van der Waals surface area (Å²) in [4.78, 5) is 41.9. The van der Waals surface area contributed by atoms with Crippen LogP contribution in [0.5, 0.6) is 0 Å². The Kier molecular flexibility index (Phi) is 5.10. The molecule has 2 aliphatic heterocycles. The van der Waals surface area contributed by atoms with Crippen LogP contribution in [-0.2, 0) is 9.59 Å². The molecule has 1 aromatic rings. The van der Waals surface area contributed by atoms with Crippen molar-refractivity contribution in [3.63, 3.8) is 0 Å². The fourth-order valence-corrected chi connectivity index (χ4v) is 3.65. The molecule has 0 spiro atoms. The highest BCUT2D eigenvalue weighted by Crippen LogP contribution is 2.35. The van der Waals surface area contributed by atoms with Crippen LogP contribution in [0.15, 0.2) is 30.0 Å². The number of carbonyl (C=O) groups excluding carboxylic acids is 3. The number of fused-ring (bicyclic) bond motifs is 1. The molecular formula is C18H20ClFN4O3. The van der Waals surface area contributed by atoms with Gasteiger partial charge >= 0.3 is 6.03 Å². The quantitative estimate of drug-likeness (QED) is 0.851. The predicted octanol–water partition coefficient (Wildman–Crippen LogP) is 2.49. The van der Waals surface area contributed by atoms with Gasteiger partial charge in [0.2, 0.25) is 5.91 Å². The summed E-state index contributed by atoms with van der Waals surface area (Å²) in [6.45, 7) is 2.44. The van der Waals surface area contributed by atoms with Crippen molar-refractivity contribution in [3.05, 3.63) is 40.8 Å². The van der Waals surface area contributed by atoms with Gasteiger partial charge in [-0.1, -0.05) is 18.5 Å². The number of carbonyl (C=O) groups is 3. The van der Waals surface area contributed by atoms with Crippen molar-refractivity contribution in [1.82, 2.24) is 14.7 Å². The fourth-order valence-electron chi connectivity index (χ4n) is 3.47. The van der Waals surface area contributed by atoms with E-state index in [2.05, 4.69) is 5.32 Å². The minimum Gasteiger partial charge on any atom is -0.346 e. The summed E-state index contributed by atoms with van der Waals surface area (Å²) in [6.07, 6.45) is 1.77. The van der Waals surface area contributed by atoms with E-state index in [0.29, 0.717) is 17.9 Å². The first-order valence-electron chi connectivity index (χ1n) is 8.55. The summed E-state index contributed by atoms with van der Waals surface area (Å²) in [7, 11) is 3.04. The Bertz CT molecular complexity index is 844. The summed E-state index contributed by atoms with van der Waals surface area (Å²) in [5.41, 5.74) is 0.641. The van der Waals surface area contributed by atoms with Crippen molar-refractivity contribution < 1.29 is 18.8 Å². The Morgan fingerprint density at radius 1 is 1.30 bits per heavy atom. The van der Waals surface area contributed by atoms with Gasteiger partial charge in [-0.2, -0.15) is 0 Å². The molecule has 1 N–H and O–H groups in total. The summed E-state index contributed by atoms with van der Waals surface area (Å²) in [5, 5.41) is 2.57. The Labute approximate surface area is 161 Å². The molecule has 1 fully saturated rings. The zero-order valence-corrected chi connectivity index (χ0v) is 16.0. The van der Waals surface area contributed by atoms with Gasteiger partial charge in [0.15, 0.2) is 0 Å². The minimum absolute atomic E-state index is 0.102. The Balaban J connectivity index is 1.90. The lowest BCUT2D eigenvalue weighted by Gasteiger charge is -2.43. The summed E-state index contributed by atoms with van der Waals surface area (Å²) >= 11 is 5.76. The normalized spacial score (nSPS) is 22.1. The van der Waals surface area contributed by atoms with Crippen LogP contribution in [0, 0.1) is 11.7 Å². The molecule has 2 aliphatic rings. The van der Waals surface area contributed by atoms with Crippen molar-refractivity contribution in [2.45, 2.75) is 19.5 Å². The van der Waals surface area contributed by atoms with E-state index in [9.17, 15) is 18.8 Å². The first-order chi connectivity index (χ1) is 12.8. The molecule has 0 aromatic heterocycles. The predicted molar refractivity (Wildman–Crippen MR) is 98.3 cm³/mol. The number of hydrogen-bond donors (Lipinski definition) is 1. The van der Waals surface area contributed by atoms with Crippen LogP contribution in [0.3, 0.4) is 0 Å². The molecule has 0 aliphatic carbocycles. The SMILES string of the molecule is CCCN1C(C(=O)Nc2ccc(F)c(Cl)c2)=CC2C(=O)N(C)C(=O)N(C)C21. The smallest absolute Gasteiger partial charge is 0.327 e. The van der Waals surface area contributed by atoms with Gasteiger partial charge in [0.05, 0.1) is 10.9 Å². The second-order valence-corrected chi connectivity index (χ2v) is 6.97. The van der Waals surface area contributed by atoms with Gasteiger partial charge < -0.3 is 15.1 Å². The standard InChI is InChI=1S/C18H20ClFN4O3/c1-4-7-24-14(15(25)21-10-5-6-13(20)12(19)8-10)9-11-16(24)22(2)18(27)23(3)17(11)26/h5-6,8-9,11,16H,4,7H2,1-3H3,(H,21,25). The average Bonchev–Trinajstić information content (AvgIpc) is 3.01. The lowest BCUT2D eigenvalue weighted by atomic mass is 10.0. The number of anilines is 1. The van der Waals surface area contributed by atoms with Gasteiger partial charge in [0.1, 0.15) is 17.7 Å². The first-order valence-corrected chi connectivity index (χ1v) is 8.93. The highest BCUT2D eigenvalue weighted by Gasteiger charge is 2.50. The molecule has 3 rings (SSSR count). The van der Waals surface area contributed by atoms with Crippen molar-refractivity contribution in [2.75, 3.05) is 26.0 Å². The van der Waals surface area contributed by atoms with Gasteiger partial charge in [-0.05, 0) is 30.7 Å². The van der Waals surface area contributed by atoms with Gasteiger partial charge in [0.25, 0.3) is 5.91 Å². The molecule has 2 atom stereocenters. The lowest BCUT2D eigenvalue weighted by molar-refractivity contribution is -0.137. The number of halogens is 2. The summed E-state index contributed by atoms with van der Waals surface area (Å²) in [5.74, 6) is -2.00. The van der Waals surface area contributed by atoms with E-state index in [1.165, 1.54) is 24.1 Å². The minimum atomic E-state index is -0.623. The molecule has 9 heteroatoms.